The Morgan fingerprint density at radius 1 is 1.10 bits per heavy atom. The average Bonchev–Trinajstić information content (AvgIpc) is 3.45. The third-order valence-electron chi connectivity index (χ3n) is 5.63. The Hall–Kier alpha value is -2.77. The van der Waals surface area contributed by atoms with E-state index in [1.165, 1.54) is 12.7 Å². The van der Waals surface area contributed by atoms with Gasteiger partial charge in [0.15, 0.2) is 17.3 Å². The maximum Gasteiger partial charge on any atom is 0.291 e. The lowest BCUT2D eigenvalue weighted by Gasteiger charge is -2.36. The summed E-state index contributed by atoms with van der Waals surface area (Å²) in [6, 6.07) is 11.5. The van der Waals surface area contributed by atoms with E-state index in [0.717, 1.165) is 52.7 Å². The first-order valence-corrected chi connectivity index (χ1v) is 11.3. The minimum atomic E-state index is -0.247. The molecule has 1 aliphatic heterocycles. The van der Waals surface area contributed by atoms with Crippen molar-refractivity contribution in [1.29, 1.82) is 0 Å². The highest BCUT2D eigenvalue weighted by atomic mass is 32.1. The standard InChI is InChI=1S/C24H28N2O4S/c1-16-15-18(24(31-16)25-23(27)20-11-8-14-30-20)21(26-12-5-4-6-13-26)17-9-7-10-19(28-2)22(17)29-3/h7-11,14-15,21H,4-6,12-13H2,1-3H3,(H,25,27)/t21-/m1/s1. The summed E-state index contributed by atoms with van der Waals surface area (Å²) in [7, 11) is 3.33. The number of hydrogen-bond donors (Lipinski definition) is 1. The number of nitrogens with one attached hydrogen (secondary N) is 1. The molecule has 0 spiro atoms. The molecule has 1 saturated heterocycles. The number of nitrogens with zero attached hydrogens (tertiary/aromatic N) is 1. The largest absolute Gasteiger partial charge is 0.493 e. The molecule has 3 heterocycles. The van der Waals surface area contributed by atoms with E-state index in [0.29, 0.717) is 11.5 Å². The van der Waals surface area contributed by atoms with Crippen molar-refractivity contribution in [3.05, 3.63) is 64.4 Å². The summed E-state index contributed by atoms with van der Waals surface area (Å²) in [5, 5.41) is 3.91. The molecule has 1 aromatic carbocycles. The number of rotatable bonds is 7. The molecule has 1 amide bonds. The van der Waals surface area contributed by atoms with Crippen LogP contribution in [0.25, 0.3) is 0 Å². The fourth-order valence-corrected chi connectivity index (χ4v) is 5.21. The van der Waals surface area contributed by atoms with E-state index >= 15 is 0 Å². The number of benzene rings is 1. The molecule has 1 aliphatic rings. The molecule has 31 heavy (non-hydrogen) atoms. The topological polar surface area (TPSA) is 63.9 Å². The summed E-state index contributed by atoms with van der Waals surface area (Å²) in [6.45, 7) is 4.05. The van der Waals surface area contributed by atoms with Crippen molar-refractivity contribution in [1.82, 2.24) is 4.90 Å². The lowest BCUT2D eigenvalue weighted by atomic mass is 9.94. The van der Waals surface area contributed by atoms with Crippen LogP contribution in [0, 0.1) is 6.92 Å². The molecular weight excluding hydrogens is 412 g/mol. The van der Waals surface area contributed by atoms with Crippen LogP contribution in [0.5, 0.6) is 11.5 Å². The third-order valence-corrected chi connectivity index (χ3v) is 6.62. The number of aryl methyl sites for hydroxylation is 1. The summed E-state index contributed by atoms with van der Waals surface area (Å²) in [6.07, 6.45) is 5.05. The van der Waals surface area contributed by atoms with Gasteiger partial charge in [-0.05, 0) is 57.1 Å². The van der Waals surface area contributed by atoms with Crippen LogP contribution in [-0.2, 0) is 0 Å². The number of furan rings is 1. The first kappa shape index (κ1) is 21.5. The summed E-state index contributed by atoms with van der Waals surface area (Å²) in [5.41, 5.74) is 2.10. The Kier molecular flexibility index (Phi) is 6.63. The molecular formula is C24H28N2O4S. The zero-order valence-electron chi connectivity index (χ0n) is 18.1. The van der Waals surface area contributed by atoms with Crippen molar-refractivity contribution in [3.63, 3.8) is 0 Å². The first-order valence-electron chi connectivity index (χ1n) is 10.5. The summed E-state index contributed by atoms with van der Waals surface area (Å²) < 4.78 is 16.7. The van der Waals surface area contributed by atoms with Crippen LogP contribution in [-0.4, -0.2) is 38.1 Å². The van der Waals surface area contributed by atoms with Crippen LogP contribution in [0.15, 0.2) is 47.1 Å². The SMILES string of the molecule is COc1cccc([C@H](c2cc(C)sc2NC(=O)c2ccco2)N2CCCCC2)c1OC. The predicted octanol–water partition coefficient (Wildman–Crippen LogP) is 5.49. The molecule has 6 nitrogen and oxygen atoms in total. The van der Waals surface area contributed by atoms with Gasteiger partial charge in [0.1, 0.15) is 5.00 Å². The quantitative estimate of drug-likeness (QED) is 0.526. The van der Waals surface area contributed by atoms with Gasteiger partial charge in [-0.25, -0.2) is 0 Å². The van der Waals surface area contributed by atoms with Crippen molar-refractivity contribution in [2.75, 3.05) is 32.6 Å². The number of carbonyl (C=O) groups is 1. The van der Waals surface area contributed by atoms with Gasteiger partial charge < -0.3 is 19.2 Å². The maximum atomic E-state index is 12.7. The Bertz CT molecular complexity index is 1020. The van der Waals surface area contributed by atoms with Crippen LogP contribution in [0.3, 0.4) is 0 Å². The minimum Gasteiger partial charge on any atom is -0.493 e. The zero-order valence-corrected chi connectivity index (χ0v) is 19.0. The van der Waals surface area contributed by atoms with Crippen molar-refractivity contribution < 1.29 is 18.7 Å². The molecule has 164 valence electrons. The van der Waals surface area contributed by atoms with Crippen LogP contribution in [0.4, 0.5) is 5.00 Å². The van der Waals surface area contributed by atoms with Crippen molar-refractivity contribution in [3.8, 4) is 11.5 Å². The monoisotopic (exact) mass is 440 g/mol. The van der Waals surface area contributed by atoms with Crippen LogP contribution < -0.4 is 14.8 Å². The molecule has 0 radical (unpaired) electrons. The number of para-hydroxylation sites is 1. The van der Waals surface area contributed by atoms with Crippen molar-refractivity contribution in [2.45, 2.75) is 32.2 Å². The number of likely N-dealkylation sites (tertiary alicyclic amines) is 1. The average molecular weight is 441 g/mol. The van der Waals surface area contributed by atoms with E-state index in [-0.39, 0.29) is 11.9 Å². The fraction of sp³-hybridized carbons (Fsp3) is 0.375. The number of methoxy groups -OCH3 is 2. The molecule has 2 aromatic heterocycles. The van der Waals surface area contributed by atoms with E-state index < -0.39 is 0 Å². The minimum absolute atomic E-state index is 0.0535. The second-order valence-corrected chi connectivity index (χ2v) is 8.91. The molecule has 7 heteroatoms. The maximum absolute atomic E-state index is 12.7. The molecule has 0 unspecified atom stereocenters. The summed E-state index contributed by atoms with van der Waals surface area (Å²) in [5.74, 6) is 1.48. The molecule has 0 bridgehead atoms. The predicted molar refractivity (Wildman–Crippen MR) is 123 cm³/mol. The number of amides is 1. The molecule has 4 rings (SSSR count). The van der Waals surface area contributed by atoms with E-state index in [2.05, 4.69) is 29.3 Å². The molecule has 1 fully saturated rings. The number of thiophene rings is 1. The number of ether oxygens (including phenoxy) is 2. The Morgan fingerprint density at radius 2 is 1.90 bits per heavy atom. The van der Waals surface area contributed by atoms with Gasteiger partial charge in [0, 0.05) is 16.0 Å². The van der Waals surface area contributed by atoms with Gasteiger partial charge in [0.2, 0.25) is 0 Å². The number of anilines is 1. The highest BCUT2D eigenvalue weighted by Crippen LogP contribution is 2.45. The van der Waals surface area contributed by atoms with Gasteiger partial charge in [0.05, 0.1) is 26.5 Å². The number of carbonyl (C=O) groups excluding carboxylic acids is 1. The first-order chi connectivity index (χ1) is 15.1. The van der Waals surface area contributed by atoms with E-state index in [9.17, 15) is 4.79 Å². The van der Waals surface area contributed by atoms with Gasteiger partial charge >= 0.3 is 0 Å². The van der Waals surface area contributed by atoms with Crippen LogP contribution in [0.1, 0.15) is 51.9 Å². The summed E-state index contributed by atoms with van der Waals surface area (Å²) >= 11 is 1.58. The van der Waals surface area contributed by atoms with Crippen molar-refractivity contribution in [2.24, 2.45) is 0 Å². The summed E-state index contributed by atoms with van der Waals surface area (Å²) in [4.78, 5) is 16.3. The van der Waals surface area contributed by atoms with Crippen molar-refractivity contribution >= 4 is 22.2 Å². The Morgan fingerprint density at radius 3 is 2.58 bits per heavy atom. The van der Waals surface area contributed by atoms with Gasteiger partial charge in [-0.15, -0.1) is 11.3 Å². The van der Waals surface area contributed by atoms with E-state index in [4.69, 9.17) is 13.9 Å². The lowest BCUT2D eigenvalue weighted by Crippen LogP contribution is -2.35. The molecule has 1 N–H and O–H groups in total. The molecule has 0 aliphatic carbocycles. The second kappa shape index (κ2) is 9.58. The molecule has 3 aromatic rings. The Balaban J connectivity index is 1.79. The highest BCUT2D eigenvalue weighted by molar-refractivity contribution is 7.16. The number of piperidine rings is 1. The highest BCUT2D eigenvalue weighted by Gasteiger charge is 2.31. The van der Waals surface area contributed by atoms with Gasteiger partial charge in [-0.2, -0.15) is 0 Å². The van der Waals surface area contributed by atoms with Gasteiger partial charge in [-0.3, -0.25) is 9.69 Å². The smallest absolute Gasteiger partial charge is 0.291 e. The van der Waals surface area contributed by atoms with E-state index in [1.807, 2.05) is 12.1 Å². The Labute approximate surface area is 186 Å². The fourth-order valence-electron chi connectivity index (χ4n) is 4.27. The van der Waals surface area contributed by atoms with Gasteiger partial charge in [0.25, 0.3) is 5.91 Å². The molecule has 1 atom stereocenters. The van der Waals surface area contributed by atoms with E-state index in [1.54, 1.807) is 37.7 Å². The normalized spacial score (nSPS) is 15.5. The lowest BCUT2D eigenvalue weighted by molar-refractivity contribution is 0.0996. The zero-order chi connectivity index (χ0) is 21.8. The van der Waals surface area contributed by atoms with Crippen LogP contribution >= 0.6 is 11.3 Å². The van der Waals surface area contributed by atoms with Gasteiger partial charge in [-0.1, -0.05) is 18.6 Å². The third kappa shape index (κ3) is 4.48. The van der Waals surface area contributed by atoms with Crippen LogP contribution in [0.2, 0.25) is 0 Å². The molecule has 0 saturated carbocycles. The second-order valence-electron chi connectivity index (χ2n) is 7.65. The number of hydrogen-bond acceptors (Lipinski definition) is 6.